The van der Waals surface area contributed by atoms with Gasteiger partial charge in [0.05, 0.1) is 10.6 Å². The second-order valence-electron chi connectivity index (χ2n) is 5.57. The van der Waals surface area contributed by atoms with Crippen molar-refractivity contribution in [3.63, 3.8) is 0 Å². The molecule has 0 aliphatic rings. The van der Waals surface area contributed by atoms with Crippen molar-refractivity contribution in [3.05, 3.63) is 86.2 Å². The van der Waals surface area contributed by atoms with Crippen LogP contribution in [-0.4, -0.2) is 20.6 Å². The highest BCUT2D eigenvalue weighted by Crippen LogP contribution is 2.18. The lowest BCUT2D eigenvalue weighted by atomic mass is 10.1. The zero-order chi connectivity index (χ0) is 19.4. The molecule has 0 bridgehead atoms. The van der Waals surface area contributed by atoms with Gasteiger partial charge in [0, 0.05) is 34.5 Å². The average Bonchev–Trinajstić information content (AvgIpc) is 2.64. The minimum absolute atomic E-state index is 0.0819. The van der Waals surface area contributed by atoms with Crippen LogP contribution in [0.15, 0.2) is 65.5 Å². The normalized spacial score (nSPS) is 10.4. The Kier molecular flexibility index (Phi) is 5.28. The third kappa shape index (κ3) is 4.56. The van der Waals surface area contributed by atoms with Crippen LogP contribution in [0, 0.1) is 10.1 Å². The van der Waals surface area contributed by atoms with E-state index in [4.69, 9.17) is 11.6 Å². The first-order chi connectivity index (χ1) is 12.9. The fourth-order valence-electron chi connectivity index (χ4n) is 2.34. The maximum absolute atomic E-state index is 12.2. The lowest BCUT2D eigenvalue weighted by Gasteiger charge is -2.08. The van der Waals surface area contributed by atoms with E-state index in [-0.39, 0.29) is 12.2 Å². The summed E-state index contributed by atoms with van der Waals surface area (Å²) in [5.41, 5.74) is 1.15. The summed E-state index contributed by atoms with van der Waals surface area (Å²) in [7, 11) is 0. The first-order valence-corrected chi connectivity index (χ1v) is 8.18. The molecule has 0 aliphatic carbocycles. The van der Waals surface area contributed by atoms with Crippen molar-refractivity contribution in [1.82, 2.24) is 9.78 Å². The topological polar surface area (TPSA) is 107 Å². The van der Waals surface area contributed by atoms with E-state index in [9.17, 15) is 19.7 Å². The number of hydrogen-bond acceptors (Lipinski definition) is 5. The molecule has 3 aromatic rings. The second kappa shape index (κ2) is 7.79. The number of nitro benzene ring substituents is 1. The minimum atomic E-state index is -0.530. The molecule has 3 rings (SSSR count). The maximum atomic E-state index is 12.2. The van der Waals surface area contributed by atoms with Gasteiger partial charge in [-0.1, -0.05) is 23.7 Å². The molecule has 0 saturated heterocycles. The molecule has 0 radical (unpaired) electrons. The van der Waals surface area contributed by atoms with Gasteiger partial charge in [-0.25, -0.2) is 4.68 Å². The molecule has 1 N–H and O–H groups in total. The van der Waals surface area contributed by atoms with E-state index in [0.717, 1.165) is 10.2 Å². The van der Waals surface area contributed by atoms with Crippen LogP contribution in [0.5, 0.6) is 0 Å². The van der Waals surface area contributed by atoms with E-state index in [0.29, 0.717) is 16.4 Å². The Morgan fingerprint density at radius 1 is 1.07 bits per heavy atom. The Labute approximate surface area is 158 Å². The Morgan fingerprint density at radius 2 is 1.74 bits per heavy atom. The molecule has 0 unspecified atom stereocenters. The third-order valence-electron chi connectivity index (χ3n) is 3.66. The van der Waals surface area contributed by atoms with Gasteiger partial charge in [-0.2, -0.15) is 5.10 Å². The van der Waals surface area contributed by atoms with E-state index in [1.807, 2.05) is 0 Å². The van der Waals surface area contributed by atoms with Crippen LogP contribution in [0.2, 0.25) is 5.02 Å². The number of rotatable bonds is 5. The van der Waals surface area contributed by atoms with Crippen molar-refractivity contribution in [2.75, 3.05) is 5.32 Å². The lowest BCUT2D eigenvalue weighted by Crippen LogP contribution is -2.29. The molecule has 8 nitrogen and oxygen atoms in total. The zero-order valence-corrected chi connectivity index (χ0v) is 14.6. The van der Waals surface area contributed by atoms with Gasteiger partial charge < -0.3 is 5.32 Å². The van der Waals surface area contributed by atoms with Crippen molar-refractivity contribution in [3.8, 4) is 11.3 Å². The summed E-state index contributed by atoms with van der Waals surface area (Å²) in [6.07, 6.45) is 0. The molecule has 1 heterocycles. The maximum Gasteiger partial charge on any atom is 0.269 e. The molecule has 136 valence electrons. The van der Waals surface area contributed by atoms with Crippen molar-refractivity contribution >= 4 is 28.9 Å². The second-order valence-corrected chi connectivity index (χ2v) is 6.01. The number of hydrogen-bond donors (Lipinski definition) is 1. The molecule has 0 atom stereocenters. The monoisotopic (exact) mass is 384 g/mol. The lowest BCUT2D eigenvalue weighted by molar-refractivity contribution is -0.384. The summed E-state index contributed by atoms with van der Waals surface area (Å²) in [5.74, 6) is -0.480. The largest absolute Gasteiger partial charge is 0.324 e. The number of nitro groups is 1. The van der Waals surface area contributed by atoms with E-state index in [1.165, 1.54) is 30.3 Å². The average molecular weight is 385 g/mol. The van der Waals surface area contributed by atoms with Gasteiger partial charge in [-0.3, -0.25) is 19.7 Å². The molecule has 0 fully saturated rings. The fourth-order valence-corrected chi connectivity index (χ4v) is 2.47. The molecule has 0 aliphatic heterocycles. The highest BCUT2D eigenvalue weighted by Gasteiger charge is 2.10. The summed E-state index contributed by atoms with van der Waals surface area (Å²) in [6, 6.07) is 15.2. The molecular formula is C18H13ClN4O4. The van der Waals surface area contributed by atoms with E-state index < -0.39 is 16.4 Å². The summed E-state index contributed by atoms with van der Waals surface area (Å²) in [5, 5.41) is 18.0. The van der Waals surface area contributed by atoms with Gasteiger partial charge in [-0.05, 0) is 30.3 Å². The predicted octanol–water partition coefficient (Wildman–Crippen LogP) is 3.11. The van der Waals surface area contributed by atoms with Gasteiger partial charge in [0.25, 0.3) is 11.2 Å². The van der Waals surface area contributed by atoms with Crippen molar-refractivity contribution < 1.29 is 9.72 Å². The quantitative estimate of drug-likeness (QED) is 0.537. The summed E-state index contributed by atoms with van der Waals surface area (Å²) >= 11 is 5.86. The van der Waals surface area contributed by atoms with E-state index in [1.54, 1.807) is 30.3 Å². The van der Waals surface area contributed by atoms with Crippen molar-refractivity contribution in [2.24, 2.45) is 0 Å². The molecule has 0 spiro atoms. The summed E-state index contributed by atoms with van der Waals surface area (Å²) in [4.78, 5) is 34.3. The molecule has 27 heavy (non-hydrogen) atoms. The molecule has 2 aromatic carbocycles. The van der Waals surface area contributed by atoms with E-state index in [2.05, 4.69) is 10.4 Å². The third-order valence-corrected chi connectivity index (χ3v) is 3.91. The first-order valence-electron chi connectivity index (χ1n) is 7.81. The van der Waals surface area contributed by atoms with Gasteiger partial charge in [0.2, 0.25) is 5.91 Å². The fraction of sp³-hybridized carbons (Fsp3) is 0.0556. The van der Waals surface area contributed by atoms with Crippen LogP contribution in [0.4, 0.5) is 11.4 Å². The standard InChI is InChI=1S/C18H13ClN4O4/c19-13-3-1-12(2-4-13)16-9-10-18(25)22(21-16)11-17(24)20-14-5-7-15(8-6-14)23(26)27/h1-10H,11H2,(H,20,24). The number of benzene rings is 2. The van der Waals surface area contributed by atoms with Crippen LogP contribution in [-0.2, 0) is 11.3 Å². The highest BCUT2D eigenvalue weighted by atomic mass is 35.5. The first kappa shape index (κ1) is 18.3. The Balaban J connectivity index is 1.75. The Hall–Kier alpha value is -3.52. The summed E-state index contributed by atoms with van der Waals surface area (Å²) < 4.78 is 1.05. The number of carbonyl (C=O) groups is 1. The van der Waals surface area contributed by atoms with Crippen LogP contribution in [0.3, 0.4) is 0 Å². The van der Waals surface area contributed by atoms with Gasteiger partial charge >= 0.3 is 0 Å². The van der Waals surface area contributed by atoms with E-state index >= 15 is 0 Å². The number of non-ortho nitro benzene ring substituents is 1. The summed E-state index contributed by atoms with van der Waals surface area (Å²) in [6.45, 7) is -0.294. The van der Waals surface area contributed by atoms with Gasteiger partial charge in [0.15, 0.2) is 0 Å². The number of aromatic nitrogens is 2. The molecule has 9 heteroatoms. The smallest absolute Gasteiger partial charge is 0.269 e. The number of amides is 1. The Bertz CT molecular complexity index is 1050. The number of anilines is 1. The van der Waals surface area contributed by atoms with Crippen molar-refractivity contribution in [2.45, 2.75) is 6.54 Å². The Morgan fingerprint density at radius 3 is 2.37 bits per heavy atom. The van der Waals surface area contributed by atoms with Crippen LogP contribution in [0.25, 0.3) is 11.3 Å². The zero-order valence-electron chi connectivity index (χ0n) is 13.8. The SMILES string of the molecule is O=C(Cn1nc(-c2ccc(Cl)cc2)ccc1=O)Nc1ccc([N+](=O)[O-])cc1. The molecular weight excluding hydrogens is 372 g/mol. The number of nitrogens with one attached hydrogen (secondary N) is 1. The van der Waals surface area contributed by atoms with Crippen LogP contribution >= 0.6 is 11.6 Å². The number of halogens is 1. The number of carbonyl (C=O) groups excluding carboxylic acids is 1. The van der Waals surface area contributed by atoms with Crippen LogP contribution < -0.4 is 10.9 Å². The van der Waals surface area contributed by atoms with Crippen molar-refractivity contribution in [1.29, 1.82) is 0 Å². The van der Waals surface area contributed by atoms with Crippen LogP contribution in [0.1, 0.15) is 0 Å². The van der Waals surface area contributed by atoms with Gasteiger partial charge in [-0.15, -0.1) is 0 Å². The van der Waals surface area contributed by atoms with Gasteiger partial charge in [0.1, 0.15) is 6.54 Å². The minimum Gasteiger partial charge on any atom is -0.324 e. The molecule has 1 aromatic heterocycles. The molecule has 1 amide bonds. The molecule has 0 saturated carbocycles. The number of nitrogens with zero attached hydrogens (tertiary/aromatic N) is 3. The predicted molar refractivity (Wildman–Crippen MR) is 101 cm³/mol. The highest BCUT2D eigenvalue weighted by molar-refractivity contribution is 6.30.